The number of nitrogens with zero attached hydrogens (tertiary/aromatic N) is 1. The second kappa shape index (κ2) is 9.07. The third-order valence-electron chi connectivity index (χ3n) is 3.43. The summed E-state index contributed by atoms with van der Waals surface area (Å²) in [5.41, 5.74) is 0.632. The summed E-state index contributed by atoms with van der Waals surface area (Å²) in [6.07, 6.45) is -0.243. The van der Waals surface area contributed by atoms with Crippen LogP contribution in [0.15, 0.2) is 60.7 Å². The first kappa shape index (κ1) is 19.6. The first-order chi connectivity index (χ1) is 11.8. The van der Waals surface area contributed by atoms with Crippen molar-refractivity contribution in [2.75, 3.05) is 6.54 Å². The third-order valence-corrected chi connectivity index (χ3v) is 5.72. The monoisotopic (exact) mass is 405 g/mol. The Bertz CT molecular complexity index is 653. The zero-order valence-electron chi connectivity index (χ0n) is 15.4. The molecule has 0 aliphatic heterocycles. The number of hydrogen-bond acceptors (Lipinski definition) is 2. The summed E-state index contributed by atoms with van der Waals surface area (Å²) in [6.45, 7) is 9.19. The van der Waals surface area contributed by atoms with Crippen LogP contribution < -0.4 is 4.46 Å². The fourth-order valence-corrected chi connectivity index (χ4v) is 4.58. The quantitative estimate of drug-likeness (QED) is 0.674. The van der Waals surface area contributed by atoms with E-state index >= 15 is 0 Å². The van der Waals surface area contributed by atoms with Gasteiger partial charge in [0.1, 0.15) is 0 Å². The fourth-order valence-electron chi connectivity index (χ4n) is 2.41. The maximum absolute atomic E-state index is 12.7. The second-order valence-electron chi connectivity index (χ2n) is 7.09. The van der Waals surface area contributed by atoms with Crippen molar-refractivity contribution in [3.05, 3.63) is 66.2 Å². The summed E-state index contributed by atoms with van der Waals surface area (Å²) in [6, 6.07) is 20.6. The molecule has 1 amide bonds. The van der Waals surface area contributed by atoms with Crippen molar-refractivity contribution >= 4 is 25.5 Å². The van der Waals surface area contributed by atoms with E-state index in [-0.39, 0.29) is 6.09 Å². The van der Waals surface area contributed by atoms with Gasteiger partial charge < -0.3 is 0 Å². The average Bonchev–Trinajstić information content (AvgIpc) is 2.54. The molecule has 0 radical (unpaired) electrons. The van der Waals surface area contributed by atoms with Crippen molar-refractivity contribution in [2.45, 2.75) is 44.7 Å². The van der Waals surface area contributed by atoms with E-state index in [2.05, 4.69) is 31.2 Å². The van der Waals surface area contributed by atoms with Crippen LogP contribution in [-0.4, -0.2) is 38.1 Å². The molecular weight excluding hydrogens is 377 g/mol. The van der Waals surface area contributed by atoms with Crippen LogP contribution in [0.2, 0.25) is 4.82 Å². The molecule has 0 unspecified atom stereocenters. The fraction of sp³-hybridized carbons (Fsp3) is 0.381. The van der Waals surface area contributed by atoms with Gasteiger partial charge in [-0.1, -0.05) is 0 Å². The number of carbonyl (C=O) groups excluding carboxylic acids is 1. The van der Waals surface area contributed by atoms with Gasteiger partial charge in [-0.05, 0) is 0 Å². The molecule has 0 spiro atoms. The Morgan fingerprint density at radius 1 is 1.04 bits per heavy atom. The van der Waals surface area contributed by atoms with Crippen molar-refractivity contribution < 1.29 is 9.53 Å². The Labute approximate surface area is 157 Å². The summed E-state index contributed by atoms with van der Waals surface area (Å²) in [5.74, 6) is 0. The molecule has 0 fully saturated rings. The number of amides is 1. The van der Waals surface area contributed by atoms with Gasteiger partial charge >= 0.3 is 157 Å². The van der Waals surface area contributed by atoms with Gasteiger partial charge in [-0.25, -0.2) is 0 Å². The molecule has 3 nitrogen and oxygen atoms in total. The molecule has 0 aliphatic carbocycles. The van der Waals surface area contributed by atoms with E-state index in [1.165, 1.54) is 4.46 Å². The van der Waals surface area contributed by atoms with E-state index in [9.17, 15) is 4.79 Å². The number of ether oxygens (including phenoxy) is 1. The molecule has 0 heterocycles. The molecule has 25 heavy (non-hydrogen) atoms. The normalized spacial score (nSPS) is 12.5. The minimum absolute atomic E-state index is 0.243. The predicted molar refractivity (Wildman–Crippen MR) is 104 cm³/mol. The number of hydrogen-bond donors (Lipinski definition) is 0. The summed E-state index contributed by atoms with van der Waals surface area (Å²) in [7, 11) is 0. The minimum atomic E-state index is -0.486. The molecule has 0 bridgehead atoms. The third kappa shape index (κ3) is 7.33. The molecule has 0 aliphatic rings. The van der Waals surface area contributed by atoms with Crippen molar-refractivity contribution in [3.63, 3.8) is 0 Å². The maximum atomic E-state index is 12.7. The number of benzene rings is 2. The summed E-state index contributed by atoms with van der Waals surface area (Å²) < 4.78 is 6.97. The van der Waals surface area contributed by atoms with Crippen LogP contribution in [0.1, 0.15) is 33.3 Å². The summed E-state index contributed by atoms with van der Waals surface area (Å²) >= 11 is 0.318. The Balaban J connectivity index is 2.06. The van der Waals surface area contributed by atoms with E-state index in [0.29, 0.717) is 32.9 Å². The zero-order valence-corrected chi connectivity index (χ0v) is 17.2. The van der Waals surface area contributed by atoms with Crippen LogP contribution >= 0.6 is 0 Å². The van der Waals surface area contributed by atoms with Crippen molar-refractivity contribution in [1.29, 1.82) is 0 Å². The summed E-state index contributed by atoms with van der Waals surface area (Å²) in [5, 5.41) is 0. The van der Waals surface area contributed by atoms with Crippen LogP contribution in [0.4, 0.5) is 4.79 Å². The van der Waals surface area contributed by atoms with Gasteiger partial charge in [0.15, 0.2) is 0 Å². The van der Waals surface area contributed by atoms with Crippen LogP contribution in [-0.2, 0) is 11.3 Å². The molecule has 2 aromatic carbocycles. The van der Waals surface area contributed by atoms with Gasteiger partial charge in [-0.3, -0.25) is 0 Å². The van der Waals surface area contributed by atoms with Crippen molar-refractivity contribution in [2.24, 2.45) is 0 Å². The van der Waals surface area contributed by atoms with Gasteiger partial charge in [0.2, 0.25) is 0 Å². The molecule has 2 rings (SSSR count). The Morgan fingerprint density at radius 3 is 2.16 bits per heavy atom. The zero-order chi connectivity index (χ0) is 18.3. The van der Waals surface area contributed by atoms with Crippen LogP contribution in [0, 0.1) is 0 Å². The molecular formula is C21H27NO2Se. The van der Waals surface area contributed by atoms with Crippen molar-refractivity contribution in [3.8, 4) is 0 Å². The SMILES string of the molecule is C[C@@H](CN(Cc1ccccc1)C(=O)OC(C)(C)C)[Se]c1ccccc1. The number of rotatable bonds is 6. The Kier molecular flexibility index (Phi) is 7.10. The van der Waals surface area contributed by atoms with Gasteiger partial charge in [0, 0.05) is 0 Å². The molecule has 4 heteroatoms. The van der Waals surface area contributed by atoms with Crippen LogP contribution in [0.25, 0.3) is 0 Å². The molecule has 1 atom stereocenters. The molecule has 0 N–H and O–H groups in total. The molecule has 2 aromatic rings. The first-order valence-corrected chi connectivity index (χ1v) is 10.4. The van der Waals surface area contributed by atoms with Gasteiger partial charge in [0.25, 0.3) is 0 Å². The standard InChI is InChI=1S/C21H27NO2Se/c1-17(25-19-13-9-6-10-14-19)15-22(20(23)24-21(2,3)4)16-18-11-7-5-8-12-18/h5-14,17H,15-16H2,1-4H3/t17-/m0/s1. The topological polar surface area (TPSA) is 29.5 Å². The molecule has 134 valence electrons. The molecule has 0 saturated carbocycles. The van der Waals surface area contributed by atoms with Gasteiger partial charge in [-0.15, -0.1) is 0 Å². The average molecular weight is 404 g/mol. The van der Waals surface area contributed by atoms with E-state index in [1.54, 1.807) is 0 Å². The van der Waals surface area contributed by atoms with E-state index in [4.69, 9.17) is 4.74 Å². The summed E-state index contributed by atoms with van der Waals surface area (Å²) in [4.78, 5) is 14.9. The number of carbonyl (C=O) groups is 1. The predicted octanol–water partition coefficient (Wildman–Crippen LogP) is 4.26. The van der Waals surface area contributed by atoms with E-state index in [0.717, 1.165) is 5.56 Å². The van der Waals surface area contributed by atoms with Crippen molar-refractivity contribution in [1.82, 2.24) is 4.90 Å². The van der Waals surface area contributed by atoms with Gasteiger partial charge in [-0.2, -0.15) is 0 Å². The Hall–Kier alpha value is -1.77. The van der Waals surface area contributed by atoms with Crippen LogP contribution in [0.5, 0.6) is 0 Å². The van der Waals surface area contributed by atoms with E-state index < -0.39 is 5.60 Å². The first-order valence-electron chi connectivity index (χ1n) is 8.57. The van der Waals surface area contributed by atoms with Crippen LogP contribution in [0.3, 0.4) is 0 Å². The molecule has 0 saturated heterocycles. The Morgan fingerprint density at radius 2 is 1.60 bits per heavy atom. The second-order valence-corrected chi connectivity index (χ2v) is 10.3. The molecule has 0 aromatic heterocycles. The van der Waals surface area contributed by atoms with Gasteiger partial charge in [0.05, 0.1) is 0 Å². The van der Waals surface area contributed by atoms with E-state index in [1.807, 2.05) is 62.1 Å².